The van der Waals surface area contributed by atoms with E-state index in [9.17, 15) is 9.18 Å². The van der Waals surface area contributed by atoms with Crippen LogP contribution in [0.2, 0.25) is 0 Å². The van der Waals surface area contributed by atoms with Crippen molar-refractivity contribution in [2.75, 3.05) is 5.32 Å². The van der Waals surface area contributed by atoms with Crippen LogP contribution in [0.4, 0.5) is 10.2 Å². The molecule has 8 nitrogen and oxygen atoms in total. The van der Waals surface area contributed by atoms with Crippen molar-refractivity contribution in [1.82, 2.24) is 20.7 Å². The molecule has 3 aromatic rings. The smallest absolute Gasteiger partial charge is 0.263 e. The Bertz CT molecular complexity index is 998. The van der Waals surface area contributed by atoms with Crippen LogP contribution in [0.25, 0.3) is 11.3 Å². The number of hydrogen-bond acceptors (Lipinski definition) is 5. The molecule has 0 spiro atoms. The van der Waals surface area contributed by atoms with Crippen LogP contribution in [-0.4, -0.2) is 32.8 Å². The highest BCUT2D eigenvalue weighted by Crippen LogP contribution is 2.20. The molecule has 2 aromatic heterocycles. The van der Waals surface area contributed by atoms with Crippen LogP contribution in [0.3, 0.4) is 0 Å². The van der Waals surface area contributed by atoms with Crippen LogP contribution in [0, 0.1) is 12.7 Å². The van der Waals surface area contributed by atoms with Gasteiger partial charge in [-0.2, -0.15) is 5.10 Å². The maximum atomic E-state index is 13.1. The first-order valence-corrected chi connectivity index (χ1v) is 8.62. The lowest BCUT2D eigenvalue weighted by molar-refractivity contribution is 0.0975. The fourth-order valence-electron chi connectivity index (χ4n) is 2.40. The maximum absolute atomic E-state index is 13.1. The second kappa shape index (κ2) is 7.63. The fourth-order valence-corrected chi connectivity index (χ4v) is 2.40. The van der Waals surface area contributed by atoms with Gasteiger partial charge in [0.25, 0.3) is 5.91 Å². The van der Waals surface area contributed by atoms with Gasteiger partial charge >= 0.3 is 0 Å². The van der Waals surface area contributed by atoms with E-state index in [1.54, 1.807) is 25.1 Å². The Hall–Kier alpha value is -3.49. The van der Waals surface area contributed by atoms with Crippen LogP contribution in [-0.2, 0) is 0 Å². The Morgan fingerprint density at radius 1 is 1.25 bits per heavy atom. The summed E-state index contributed by atoms with van der Waals surface area (Å²) in [6, 6.07) is 7.78. The molecule has 28 heavy (non-hydrogen) atoms. The molecule has 0 saturated carbocycles. The number of carbonyl (C=O) groups is 1. The molecule has 3 rings (SSSR count). The number of aromatic nitrogens is 3. The highest BCUT2D eigenvalue weighted by Gasteiger charge is 2.18. The van der Waals surface area contributed by atoms with E-state index >= 15 is 0 Å². The topological polar surface area (TPSA) is 108 Å². The van der Waals surface area contributed by atoms with Gasteiger partial charge in [-0.05, 0) is 57.5 Å². The zero-order chi connectivity index (χ0) is 20.3. The molecule has 0 aliphatic rings. The molecule has 0 atom stereocenters. The molecular formula is C19H21FN6O2. The Morgan fingerprint density at radius 2 is 1.96 bits per heavy atom. The van der Waals surface area contributed by atoms with Crippen LogP contribution in [0.5, 0.6) is 0 Å². The zero-order valence-electron chi connectivity index (χ0n) is 16.0. The average Bonchev–Trinajstić information content (AvgIpc) is 3.23. The summed E-state index contributed by atoms with van der Waals surface area (Å²) in [5.74, 6) is 0.377. The summed E-state index contributed by atoms with van der Waals surface area (Å²) in [7, 11) is 0. The second-order valence-electron chi connectivity index (χ2n) is 7.18. The maximum Gasteiger partial charge on any atom is 0.263 e. The van der Waals surface area contributed by atoms with Crippen molar-refractivity contribution in [2.45, 2.75) is 33.2 Å². The zero-order valence-corrected chi connectivity index (χ0v) is 16.0. The Labute approximate surface area is 161 Å². The first-order chi connectivity index (χ1) is 13.2. The lowest BCUT2D eigenvalue weighted by Crippen LogP contribution is -2.38. The van der Waals surface area contributed by atoms with Crippen molar-refractivity contribution in [3.8, 4) is 11.3 Å². The van der Waals surface area contributed by atoms with E-state index in [0.717, 1.165) is 5.56 Å². The Kier molecular flexibility index (Phi) is 5.25. The number of rotatable bonds is 3. The highest BCUT2D eigenvalue weighted by molar-refractivity contribution is 6.10. The molecule has 0 fully saturated rings. The number of aryl methyl sites for hydroxylation is 1. The van der Waals surface area contributed by atoms with Gasteiger partial charge in [0.1, 0.15) is 17.1 Å². The summed E-state index contributed by atoms with van der Waals surface area (Å²) >= 11 is 0. The minimum Gasteiger partial charge on any atom is -0.361 e. The molecule has 146 valence electrons. The molecule has 0 radical (unpaired) electrons. The first-order valence-electron chi connectivity index (χ1n) is 8.62. The van der Waals surface area contributed by atoms with Crippen molar-refractivity contribution in [3.05, 3.63) is 53.7 Å². The van der Waals surface area contributed by atoms with Gasteiger partial charge in [-0.15, -0.1) is 0 Å². The number of hydrogen-bond donors (Lipinski definition) is 3. The summed E-state index contributed by atoms with van der Waals surface area (Å²) in [5.41, 5.74) is 1.34. The van der Waals surface area contributed by atoms with E-state index in [1.807, 2.05) is 20.8 Å². The number of aromatic amines is 1. The molecule has 9 heteroatoms. The van der Waals surface area contributed by atoms with E-state index < -0.39 is 11.4 Å². The third-order valence-corrected chi connectivity index (χ3v) is 3.65. The number of aliphatic imine (C=N–C) groups is 1. The molecular weight excluding hydrogens is 363 g/mol. The van der Waals surface area contributed by atoms with Crippen LogP contribution < -0.4 is 10.6 Å². The molecule has 0 aliphatic carbocycles. The number of nitrogens with zero attached hydrogens (tertiary/aromatic N) is 3. The van der Waals surface area contributed by atoms with E-state index in [4.69, 9.17) is 4.52 Å². The van der Waals surface area contributed by atoms with Crippen LogP contribution >= 0.6 is 0 Å². The molecule has 1 amide bonds. The largest absolute Gasteiger partial charge is 0.361 e. The van der Waals surface area contributed by atoms with Crippen molar-refractivity contribution >= 4 is 17.7 Å². The van der Waals surface area contributed by atoms with Crippen molar-refractivity contribution in [2.24, 2.45) is 4.99 Å². The predicted octanol–water partition coefficient (Wildman–Crippen LogP) is 3.51. The van der Waals surface area contributed by atoms with Gasteiger partial charge in [-0.25, -0.2) is 9.38 Å². The SMILES string of the molecule is Cc1oncc1C(=O)NC(=NC(C)(C)C)Nc1cc(-c2ccc(F)cc2)[nH]n1. The average molecular weight is 384 g/mol. The lowest BCUT2D eigenvalue weighted by atomic mass is 10.1. The van der Waals surface area contributed by atoms with Gasteiger partial charge in [0.05, 0.1) is 17.4 Å². The van der Waals surface area contributed by atoms with Gasteiger partial charge in [0.2, 0.25) is 5.96 Å². The number of guanidine groups is 1. The van der Waals surface area contributed by atoms with Crippen molar-refractivity contribution in [3.63, 3.8) is 0 Å². The van der Waals surface area contributed by atoms with Crippen LogP contribution in [0.15, 0.2) is 46.0 Å². The fraction of sp³-hybridized carbons (Fsp3) is 0.263. The van der Waals surface area contributed by atoms with Gasteiger partial charge in [-0.1, -0.05) is 5.16 Å². The lowest BCUT2D eigenvalue weighted by Gasteiger charge is -2.16. The van der Waals surface area contributed by atoms with Crippen molar-refractivity contribution in [1.29, 1.82) is 0 Å². The summed E-state index contributed by atoms with van der Waals surface area (Å²) in [5, 5.41) is 16.4. The number of carbonyl (C=O) groups excluding carboxylic acids is 1. The van der Waals surface area contributed by atoms with E-state index in [0.29, 0.717) is 22.8 Å². The summed E-state index contributed by atoms with van der Waals surface area (Å²) < 4.78 is 18.0. The Balaban J connectivity index is 1.80. The number of nitrogens with one attached hydrogen (secondary N) is 3. The molecule has 1 aromatic carbocycles. The molecule has 3 N–H and O–H groups in total. The third kappa shape index (κ3) is 4.81. The number of anilines is 1. The minimum atomic E-state index is -0.449. The van der Waals surface area contributed by atoms with Gasteiger partial charge in [-0.3, -0.25) is 15.2 Å². The summed E-state index contributed by atoms with van der Waals surface area (Å²) in [4.78, 5) is 17.0. The first kappa shape index (κ1) is 19.3. The normalized spacial score (nSPS) is 12.1. The molecule has 0 unspecified atom stereocenters. The van der Waals surface area contributed by atoms with Gasteiger partial charge in [0, 0.05) is 6.07 Å². The number of amides is 1. The van der Waals surface area contributed by atoms with E-state index in [-0.39, 0.29) is 11.8 Å². The van der Waals surface area contributed by atoms with E-state index in [2.05, 4.69) is 31.0 Å². The third-order valence-electron chi connectivity index (χ3n) is 3.65. The van der Waals surface area contributed by atoms with Gasteiger partial charge in [0.15, 0.2) is 5.82 Å². The van der Waals surface area contributed by atoms with Gasteiger partial charge < -0.3 is 9.84 Å². The molecule has 0 aliphatic heterocycles. The van der Waals surface area contributed by atoms with Crippen molar-refractivity contribution < 1.29 is 13.7 Å². The standard InChI is InChI=1S/C19H21FN6O2/c1-11-14(10-21-28-11)17(27)23-18(24-19(2,3)4)22-16-9-15(25-26-16)12-5-7-13(20)8-6-12/h5-10H,1-4H3,(H3,22,23,24,25,26,27). The predicted molar refractivity (Wildman–Crippen MR) is 103 cm³/mol. The monoisotopic (exact) mass is 384 g/mol. The molecule has 0 saturated heterocycles. The summed E-state index contributed by atoms with van der Waals surface area (Å²) in [6.07, 6.45) is 1.35. The number of benzene rings is 1. The number of halogens is 1. The molecule has 0 bridgehead atoms. The van der Waals surface area contributed by atoms with E-state index in [1.165, 1.54) is 18.3 Å². The quantitative estimate of drug-likeness (QED) is 0.473. The molecule has 2 heterocycles. The second-order valence-corrected chi connectivity index (χ2v) is 7.18. The summed E-state index contributed by atoms with van der Waals surface area (Å²) in [6.45, 7) is 7.36. The minimum absolute atomic E-state index is 0.232. The van der Waals surface area contributed by atoms with Crippen LogP contribution in [0.1, 0.15) is 36.9 Å². The number of H-pyrrole nitrogens is 1. The Morgan fingerprint density at radius 3 is 2.57 bits per heavy atom. The highest BCUT2D eigenvalue weighted by atomic mass is 19.1.